The zero-order chi connectivity index (χ0) is 17.5. The molecule has 1 aliphatic heterocycles. The molecule has 1 amide bonds. The first kappa shape index (κ1) is 18.2. The summed E-state index contributed by atoms with van der Waals surface area (Å²) in [5.41, 5.74) is 2.04. The maximum atomic E-state index is 12.1. The zero-order valence-corrected chi connectivity index (χ0v) is 15.8. The third-order valence-electron chi connectivity index (χ3n) is 3.86. The van der Waals surface area contributed by atoms with Gasteiger partial charge < -0.3 is 15.4 Å². The van der Waals surface area contributed by atoms with Crippen LogP contribution in [-0.2, 0) is 16.0 Å². The van der Waals surface area contributed by atoms with Crippen molar-refractivity contribution in [3.8, 4) is 0 Å². The Balaban J connectivity index is 1.42. The van der Waals surface area contributed by atoms with Gasteiger partial charge in [0.2, 0.25) is 11.0 Å². The summed E-state index contributed by atoms with van der Waals surface area (Å²) < 4.78 is 6.35. The lowest BCUT2D eigenvalue weighted by atomic mass is 10.1. The summed E-state index contributed by atoms with van der Waals surface area (Å²) >= 11 is 2.86. The molecule has 25 heavy (non-hydrogen) atoms. The Labute approximate surface area is 155 Å². The van der Waals surface area contributed by atoms with Crippen molar-refractivity contribution in [2.75, 3.05) is 29.5 Å². The highest BCUT2D eigenvalue weighted by Gasteiger charge is 2.16. The van der Waals surface area contributed by atoms with Crippen LogP contribution in [0, 0.1) is 0 Å². The van der Waals surface area contributed by atoms with E-state index in [1.54, 1.807) is 0 Å². The van der Waals surface area contributed by atoms with Crippen LogP contribution in [0.1, 0.15) is 25.3 Å². The van der Waals surface area contributed by atoms with Crippen LogP contribution in [0.15, 0.2) is 28.6 Å². The SMILES string of the molecule is CCc1cccc(NC(=O)CSc2nnc(NCC3CCCO3)s2)c1. The molecule has 2 N–H and O–H groups in total. The highest BCUT2D eigenvalue weighted by Crippen LogP contribution is 2.26. The minimum absolute atomic E-state index is 0.0395. The second kappa shape index (κ2) is 9.17. The molecule has 3 rings (SSSR count). The molecule has 2 aromatic rings. The van der Waals surface area contributed by atoms with Crippen molar-refractivity contribution < 1.29 is 9.53 Å². The number of carbonyl (C=O) groups is 1. The van der Waals surface area contributed by atoms with Crippen molar-refractivity contribution in [1.82, 2.24) is 10.2 Å². The fourth-order valence-electron chi connectivity index (χ4n) is 2.54. The van der Waals surface area contributed by atoms with Gasteiger partial charge in [-0.2, -0.15) is 0 Å². The number of nitrogens with zero attached hydrogens (tertiary/aromatic N) is 2. The molecule has 134 valence electrons. The lowest BCUT2D eigenvalue weighted by Gasteiger charge is -2.08. The molecule has 0 radical (unpaired) electrons. The van der Waals surface area contributed by atoms with Gasteiger partial charge in [0, 0.05) is 18.8 Å². The molecule has 0 aliphatic carbocycles. The van der Waals surface area contributed by atoms with Gasteiger partial charge in [-0.15, -0.1) is 10.2 Å². The van der Waals surface area contributed by atoms with E-state index in [1.807, 2.05) is 18.2 Å². The van der Waals surface area contributed by atoms with Crippen LogP contribution in [0.4, 0.5) is 10.8 Å². The third kappa shape index (κ3) is 5.69. The van der Waals surface area contributed by atoms with Gasteiger partial charge in [0.15, 0.2) is 4.34 Å². The van der Waals surface area contributed by atoms with Gasteiger partial charge in [-0.3, -0.25) is 4.79 Å². The predicted octanol–water partition coefficient (Wildman–Crippen LogP) is 3.42. The van der Waals surface area contributed by atoms with Crippen LogP contribution in [-0.4, -0.2) is 41.1 Å². The summed E-state index contributed by atoms with van der Waals surface area (Å²) in [6.07, 6.45) is 3.43. The number of aromatic nitrogens is 2. The normalized spacial score (nSPS) is 16.8. The quantitative estimate of drug-likeness (QED) is 0.686. The lowest BCUT2D eigenvalue weighted by molar-refractivity contribution is -0.113. The Hall–Kier alpha value is -1.64. The van der Waals surface area contributed by atoms with Crippen LogP contribution in [0.3, 0.4) is 0 Å². The van der Waals surface area contributed by atoms with Gasteiger partial charge in [0.1, 0.15) is 0 Å². The fourth-order valence-corrected chi connectivity index (χ4v) is 4.10. The van der Waals surface area contributed by atoms with Gasteiger partial charge >= 0.3 is 0 Å². The molecule has 1 atom stereocenters. The average molecular weight is 379 g/mol. The molecule has 1 saturated heterocycles. The molecule has 1 aliphatic rings. The van der Waals surface area contributed by atoms with Crippen LogP contribution >= 0.6 is 23.1 Å². The van der Waals surface area contributed by atoms with Gasteiger partial charge in [-0.1, -0.05) is 42.2 Å². The number of aryl methyl sites for hydroxylation is 1. The number of thioether (sulfide) groups is 1. The minimum Gasteiger partial charge on any atom is -0.376 e. The van der Waals surface area contributed by atoms with Gasteiger partial charge in [0.05, 0.1) is 11.9 Å². The largest absolute Gasteiger partial charge is 0.376 e. The van der Waals surface area contributed by atoms with E-state index >= 15 is 0 Å². The Morgan fingerprint density at radius 3 is 3.16 bits per heavy atom. The number of hydrogen-bond donors (Lipinski definition) is 2. The Morgan fingerprint density at radius 2 is 2.36 bits per heavy atom. The van der Waals surface area contributed by atoms with Crippen molar-refractivity contribution in [1.29, 1.82) is 0 Å². The molecule has 8 heteroatoms. The van der Waals surface area contributed by atoms with E-state index < -0.39 is 0 Å². The van der Waals surface area contributed by atoms with Crippen LogP contribution < -0.4 is 10.6 Å². The summed E-state index contributed by atoms with van der Waals surface area (Å²) in [6, 6.07) is 7.91. The smallest absolute Gasteiger partial charge is 0.234 e. The molecule has 1 aromatic carbocycles. The van der Waals surface area contributed by atoms with E-state index in [0.29, 0.717) is 5.75 Å². The number of ether oxygens (including phenoxy) is 1. The van der Waals surface area contributed by atoms with Crippen molar-refractivity contribution >= 4 is 39.8 Å². The van der Waals surface area contributed by atoms with E-state index in [1.165, 1.54) is 28.7 Å². The summed E-state index contributed by atoms with van der Waals surface area (Å²) in [5.74, 6) is 0.277. The Kier molecular flexibility index (Phi) is 6.66. The number of amides is 1. The first-order valence-electron chi connectivity index (χ1n) is 8.43. The third-order valence-corrected chi connectivity index (χ3v) is 5.87. The fraction of sp³-hybridized carbons (Fsp3) is 0.471. The average Bonchev–Trinajstić information content (AvgIpc) is 3.30. The van der Waals surface area contributed by atoms with E-state index in [4.69, 9.17) is 4.74 Å². The molecule has 1 aromatic heterocycles. The van der Waals surface area contributed by atoms with E-state index in [0.717, 1.165) is 47.6 Å². The van der Waals surface area contributed by atoms with E-state index in [9.17, 15) is 4.79 Å². The minimum atomic E-state index is -0.0395. The zero-order valence-electron chi connectivity index (χ0n) is 14.2. The summed E-state index contributed by atoms with van der Waals surface area (Å²) in [5, 5.41) is 15.2. The van der Waals surface area contributed by atoms with Crippen molar-refractivity contribution in [3.63, 3.8) is 0 Å². The molecule has 0 bridgehead atoms. The number of anilines is 2. The summed E-state index contributed by atoms with van der Waals surface area (Å²) in [4.78, 5) is 12.1. The Morgan fingerprint density at radius 1 is 1.44 bits per heavy atom. The summed E-state index contributed by atoms with van der Waals surface area (Å²) in [7, 11) is 0. The molecule has 1 fully saturated rings. The van der Waals surface area contributed by atoms with Crippen molar-refractivity contribution in [2.24, 2.45) is 0 Å². The molecule has 0 spiro atoms. The molecule has 1 unspecified atom stereocenters. The maximum Gasteiger partial charge on any atom is 0.234 e. The first-order valence-corrected chi connectivity index (χ1v) is 10.2. The predicted molar refractivity (Wildman–Crippen MR) is 103 cm³/mol. The van der Waals surface area contributed by atoms with Crippen molar-refractivity contribution in [2.45, 2.75) is 36.6 Å². The number of carbonyl (C=O) groups excluding carboxylic acids is 1. The summed E-state index contributed by atoms with van der Waals surface area (Å²) in [6.45, 7) is 3.70. The number of benzene rings is 1. The standard InChI is InChI=1S/C17H22N4O2S2/c1-2-12-5-3-6-13(9-12)19-15(22)11-24-17-21-20-16(25-17)18-10-14-7-4-8-23-14/h3,5-6,9,14H,2,4,7-8,10-11H2,1H3,(H,18,20)(H,19,22). The Bertz CT molecular complexity index is 701. The van der Waals surface area contributed by atoms with Gasteiger partial charge in [-0.05, 0) is 37.0 Å². The molecular weight excluding hydrogens is 356 g/mol. The number of rotatable bonds is 8. The van der Waals surface area contributed by atoms with Gasteiger partial charge in [-0.25, -0.2) is 0 Å². The second-order valence-electron chi connectivity index (χ2n) is 5.78. The maximum absolute atomic E-state index is 12.1. The van der Waals surface area contributed by atoms with Gasteiger partial charge in [0.25, 0.3) is 0 Å². The monoisotopic (exact) mass is 378 g/mol. The molecule has 0 saturated carbocycles. The number of nitrogens with one attached hydrogen (secondary N) is 2. The number of hydrogen-bond acceptors (Lipinski definition) is 7. The second-order valence-corrected chi connectivity index (χ2v) is 7.98. The van der Waals surface area contributed by atoms with Crippen molar-refractivity contribution in [3.05, 3.63) is 29.8 Å². The highest BCUT2D eigenvalue weighted by molar-refractivity contribution is 8.01. The van der Waals surface area contributed by atoms with Crippen LogP contribution in [0.25, 0.3) is 0 Å². The van der Waals surface area contributed by atoms with E-state index in [-0.39, 0.29) is 12.0 Å². The molecule has 6 nitrogen and oxygen atoms in total. The van der Waals surface area contributed by atoms with Crippen LogP contribution in [0.2, 0.25) is 0 Å². The first-order chi connectivity index (χ1) is 12.2. The van der Waals surface area contributed by atoms with E-state index in [2.05, 4.69) is 33.8 Å². The molecule has 2 heterocycles. The van der Waals surface area contributed by atoms with Crippen LogP contribution in [0.5, 0.6) is 0 Å². The molecular formula is C17H22N4O2S2. The topological polar surface area (TPSA) is 76.1 Å². The highest BCUT2D eigenvalue weighted by atomic mass is 32.2. The lowest BCUT2D eigenvalue weighted by Crippen LogP contribution is -2.18.